The third kappa shape index (κ3) is 4.77. The van der Waals surface area contributed by atoms with Crippen LogP contribution in [0.25, 0.3) is 10.2 Å². The largest absolute Gasteiger partial charge is 0.386 e. The Morgan fingerprint density at radius 3 is 2.55 bits per heavy atom. The first-order valence-corrected chi connectivity index (χ1v) is 11.8. The van der Waals surface area contributed by atoms with Crippen molar-refractivity contribution in [2.45, 2.75) is 64.9 Å². The van der Waals surface area contributed by atoms with Gasteiger partial charge in [0.1, 0.15) is 5.69 Å². The number of nitrogens with zero attached hydrogens (tertiary/aromatic N) is 3. The molecule has 0 spiro atoms. The Bertz CT molecular complexity index is 1060. The molecule has 0 bridgehead atoms. The standard InChI is InChI=1S/C24H30N4O2S/c1-14(2)15-5-7-16(8-6-15)23-28-19-11-17(24(3,4)30)18(12-21(19)31-23)27-22(29)20-13-25-9-10-26-20/h9-16,30H,5-8H2,1-4H3,(H,27,29). The Morgan fingerprint density at radius 1 is 1.19 bits per heavy atom. The predicted molar refractivity (Wildman–Crippen MR) is 124 cm³/mol. The van der Waals surface area contributed by atoms with E-state index in [-0.39, 0.29) is 11.6 Å². The fourth-order valence-corrected chi connectivity index (χ4v) is 5.57. The Balaban J connectivity index is 1.64. The number of carbonyl (C=O) groups is 1. The maximum Gasteiger partial charge on any atom is 0.275 e. The van der Waals surface area contributed by atoms with Crippen molar-refractivity contribution in [3.8, 4) is 0 Å². The van der Waals surface area contributed by atoms with Gasteiger partial charge in [-0.15, -0.1) is 11.3 Å². The van der Waals surface area contributed by atoms with Crippen LogP contribution in [0.1, 0.15) is 80.4 Å². The molecule has 1 fully saturated rings. The number of hydrogen-bond acceptors (Lipinski definition) is 6. The second-order valence-electron chi connectivity index (χ2n) is 9.38. The summed E-state index contributed by atoms with van der Waals surface area (Å²) in [6.45, 7) is 8.06. The molecular formula is C24H30N4O2S. The van der Waals surface area contributed by atoms with E-state index in [2.05, 4.69) is 29.1 Å². The molecule has 2 N–H and O–H groups in total. The molecule has 0 saturated heterocycles. The minimum Gasteiger partial charge on any atom is -0.386 e. The number of thiazole rings is 1. The molecule has 1 aliphatic carbocycles. The van der Waals surface area contributed by atoms with E-state index in [9.17, 15) is 9.90 Å². The molecule has 3 aromatic rings. The van der Waals surface area contributed by atoms with Crippen molar-refractivity contribution >= 4 is 33.1 Å². The zero-order valence-electron chi connectivity index (χ0n) is 18.6. The average Bonchev–Trinajstić information content (AvgIpc) is 3.16. The topological polar surface area (TPSA) is 88.0 Å². The SMILES string of the molecule is CC(C)C1CCC(c2nc3cc(C(C)(C)O)c(NC(=O)c4cnccn4)cc3s2)CC1. The molecule has 1 amide bonds. The summed E-state index contributed by atoms with van der Waals surface area (Å²) in [6.07, 6.45) is 9.31. The summed E-state index contributed by atoms with van der Waals surface area (Å²) in [5.74, 6) is 1.70. The van der Waals surface area contributed by atoms with Crippen LogP contribution in [-0.2, 0) is 5.60 Å². The molecule has 2 heterocycles. The molecule has 2 aromatic heterocycles. The van der Waals surface area contributed by atoms with Crippen molar-refractivity contribution in [1.29, 1.82) is 0 Å². The normalized spacial score (nSPS) is 19.7. The van der Waals surface area contributed by atoms with Gasteiger partial charge in [0.15, 0.2) is 0 Å². The van der Waals surface area contributed by atoms with Gasteiger partial charge < -0.3 is 10.4 Å². The molecule has 1 saturated carbocycles. The third-order valence-electron chi connectivity index (χ3n) is 6.31. The lowest BCUT2D eigenvalue weighted by Gasteiger charge is -2.29. The summed E-state index contributed by atoms with van der Waals surface area (Å²) in [7, 11) is 0. The number of carbonyl (C=O) groups excluding carboxylic acids is 1. The van der Waals surface area contributed by atoms with Crippen molar-refractivity contribution < 1.29 is 9.90 Å². The van der Waals surface area contributed by atoms with Gasteiger partial charge >= 0.3 is 0 Å². The highest BCUT2D eigenvalue weighted by Gasteiger charge is 2.28. The number of benzene rings is 1. The molecular weight excluding hydrogens is 408 g/mol. The lowest BCUT2D eigenvalue weighted by Crippen LogP contribution is -2.21. The zero-order chi connectivity index (χ0) is 22.2. The van der Waals surface area contributed by atoms with E-state index >= 15 is 0 Å². The molecule has 1 aromatic carbocycles. The van der Waals surface area contributed by atoms with Crippen molar-refractivity contribution in [3.05, 3.63) is 47.0 Å². The lowest BCUT2D eigenvalue weighted by atomic mass is 9.77. The number of fused-ring (bicyclic) bond motifs is 1. The van der Waals surface area contributed by atoms with E-state index in [1.54, 1.807) is 25.2 Å². The van der Waals surface area contributed by atoms with Gasteiger partial charge in [-0.2, -0.15) is 0 Å². The van der Waals surface area contributed by atoms with Crippen LogP contribution in [0.3, 0.4) is 0 Å². The Morgan fingerprint density at radius 2 is 1.94 bits per heavy atom. The predicted octanol–water partition coefficient (Wildman–Crippen LogP) is 5.50. The number of anilines is 1. The fourth-order valence-electron chi connectivity index (χ4n) is 4.41. The number of amides is 1. The molecule has 0 unspecified atom stereocenters. The maximum absolute atomic E-state index is 12.7. The molecule has 7 heteroatoms. The fraction of sp³-hybridized carbons (Fsp3) is 0.500. The number of aliphatic hydroxyl groups is 1. The first-order valence-electron chi connectivity index (χ1n) is 11.0. The van der Waals surface area contributed by atoms with Gasteiger partial charge in [0.2, 0.25) is 0 Å². The molecule has 164 valence electrons. The zero-order valence-corrected chi connectivity index (χ0v) is 19.4. The monoisotopic (exact) mass is 438 g/mol. The quantitative estimate of drug-likeness (QED) is 0.549. The first-order chi connectivity index (χ1) is 14.7. The van der Waals surface area contributed by atoms with Gasteiger partial charge in [0, 0.05) is 29.6 Å². The second kappa shape index (κ2) is 8.63. The van der Waals surface area contributed by atoms with Gasteiger partial charge in [0.25, 0.3) is 5.91 Å². The highest BCUT2D eigenvalue weighted by Crippen LogP contribution is 2.42. The average molecular weight is 439 g/mol. The summed E-state index contributed by atoms with van der Waals surface area (Å²) >= 11 is 1.70. The van der Waals surface area contributed by atoms with Crippen molar-refractivity contribution in [3.63, 3.8) is 0 Å². The summed E-state index contributed by atoms with van der Waals surface area (Å²) < 4.78 is 1.02. The minimum atomic E-state index is -1.13. The minimum absolute atomic E-state index is 0.233. The van der Waals surface area contributed by atoms with Crippen LogP contribution in [0, 0.1) is 11.8 Å². The first kappa shape index (κ1) is 21.8. The van der Waals surface area contributed by atoms with Crippen molar-refractivity contribution in [2.24, 2.45) is 11.8 Å². The molecule has 4 rings (SSSR count). The lowest BCUT2D eigenvalue weighted by molar-refractivity contribution is 0.0794. The number of aromatic nitrogens is 3. The second-order valence-corrected chi connectivity index (χ2v) is 10.4. The van der Waals surface area contributed by atoms with Crippen LogP contribution in [0.2, 0.25) is 0 Å². The van der Waals surface area contributed by atoms with Gasteiger partial charge in [-0.1, -0.05) is 13.8 Å². The molecule has 0 aliphatic heterocycles. The molecule has 6 nitrogen and oxygen atoms in total. The summed E-state index contributed by atoms with van der Waals surface area (Å²) in [6, 6.07) is 3.83. The number of nitrogens with one attached hydrogen (secondary N) is 1. The van der Waals surface area contributed by atoms with Crippen LogP contribution < -0.4 is 5.32 Å². The van der Waals surface area contributed by atoms with E-state index in [0.29, 0.717) is 17.2 Å². The van der Waals surface area contributed by atoms with Crippen LogP contribution in [0.4, 0.5) is 5.69 Å². The highest BCUT2D eigenvalue weighted by molar-refractivity contribution is 7.18. The smallest absolute Gasteiger partial charge is 0.275 e. The van der Waals surface area contributed by atoms with Gasteiger partial charge in [-0.3, -0.25) is 9.78 Å². The summed E-state index contributed by atoms with van der Waals surface area (Å²) in [4.78, 5) is 25.6. The molecule has 31 heavy (non-hydrogen) atoms. The third-order valence-corrected chi connectivity index (χ3v) is 7.49. The van der Waals surface area contributed by atoms with Crippen molar-refractivity contribution in [1.82, 2.24) is 15.0 Å². The number of rotatable bonds is 5. The maximum atomic E-state index is 12.7. The molecule has 0 atom stereocenters. The van der Waals surface area contributed by atoms with Crippen LogP contribution >= 0.6 is 11.3 Å². The van der Waals surface area contributed by atoms with E-state index in [1.165, 1.54) is 44.3 Å². The van der Waals surface area contributed by atoms with Crippen LogP contribution in [-0.4, -0.2) is 26.0 Å². The van der Waals surface area contributed by atoms with E-state index in [4.69, 9.17) is 4.98 Å². The molecule has 1 aliphatic rings. The van der Waals surface area contributed by atoms with E-state index in [1.807, 2.05) is 12.1 Å². The summed E-state index contributed by atoms with van der Waals surface area (Å²) in [5.41, 5.74) is 1.20. The van der Waals surface area contributed by atoms with Gasteiger partial charge in [-0.25, -0.2) is 9.97 Å². The Labute approximate surface area is 187 Å². The van der Waals surface area contributed by atoms with Gasteiger partial charge in [0.05, 0.1) is 27.0 Å². The Hall–Kier alpha value is -2.38. The van der Waals surface area contributed by atoms with Crippen LogP contribution in [0.15, 0.2) is 30.7 Å². The highest BCUT2D eigenvalue weighted by atomic mass is 32.1. The van der Waals surface area contributed by atoms with Crippen LogP contribution in [0.5, 0.6) is 0 Å². The summed E-state index contributed by atoms with van der Waals surface area (Å²) in [5, 5.41) is 14.8. The Kier molecular flexibility index (Phi) is 6.08. The number of hydrogen-bond donors (Lipinski definition) is 2. The van der Waals surface area contributed by atoms with E-state index in [0.717, 1.165) is 27.1 Å². The van der Waals surface area contributed by atoms with Crippen molar-refractivity contribution in [2.75, 3.05) is 5.32 Å². The van der Waals surface area contributed by atoms with Gasteiger partial charge in [-0.05, 0) is 63.5 Å². The molecule has 0 radical (unpaired) electrons. The van der Waals surface area contributed by atoms with E-state index < -0.39 is 5.60 Å².